The third-order valence-electron chi connectivity index (χ3n) is 2.97. The molecule has 0 saturated heterocycles. The fraction of sp³-hybridized carbons (Fsp3) is 0. The molecule has 24 heavy (non-hydrogen) atoms. The molecular weight excluding hydrogens is 337 g/mol. The molecule has 8 nitrogen and oxygen atoms in total. The molecule has 0 aliphatic rings. The highest BCUT2D eigenvalue weighted by molar-refractivity contribution is 8.02. The van der Waals surface area contributed by atoms with E-state index in [1.807, 2.05) is 0 Å². The average molecular weight is 347 g/mol. The third-order valence-corrected chi connectivity index (χ3v) is 3.73. The van der Waals surface area contributed by atoms with Crippen LogP contribution in [0.4, 0.5) is 10.3 Å². The van der Waals surface area contributed by atoms with Crippen LogP contribution >= 0.6 is 11.8 Å². The van der Waals surface area contributed by atoms with Gasteiger partial charge in [-0.05, 0) is 41.8 Å². The Morgan fingerprint density at radius 3 is 2.67 bits per heavy atom. The normalized spacial score (nSPS) is 11.2. The van der Waals surface area contributed by atoms with Gasteiger partial charge in [0.25, 0.3) is 0 Å². The zero-order valence-electron chi connectivity index (χ0n) is 12.0. The Labute approximate surface area is 138 Å². The van der Waals surface area contributed by atoms with E-state index in [4.69, 9.17) is 10.3 Å². The standard InChI is InChI=1S/C14H10FN5O3S/c15-10-3-1-9(2-4-10)13-17-18-14(19(13)16)24-8-7-11-5-6-12(23-11)20(21)22/h1-8H,16H2/b8-7+. The minimum absolute atomic E-state index is 0.330. The molecule has 0 radical (unpaired) electrons. The quantitative estimate of drug-likeness (QED) is 0.326. The number of nitrogens with zero attached hydrogens (tertiary/aromatic N) is 4. The Morgan fingerprint density at radius 1 is 1.25 bits per heavy atom. The van der Waals surface area contributed by atoms with Gasteiger partial charge in [-0.2, -0.15) is 0 Å². The summed E-state index contributed by atoms with van der Waals surface area (Å²) in [6, 6.07) is 8.46. The predicted molar refractivity (Wildman–Crippen MR) is 85.8 cm³/mol. The molecule has 0 bridgehead atoms. The number of benzene rings is 1. The van der Waals surface area contributed by atoms with Gasteiger partial charge in [-0.15, -0.1) is 10.2 Å². The van der Waals surface area contributed by atoms with Gasteiger partial charge in [0.1, 0.15) is 16.5 Å². The summed E-state index contributed by atoms with van der Waals surface area (Å²) in [6.45, 7) is 0. The van der Waals surface area contributed by atoms with Crippen molar-refractivity contribution in [1.29, 1.82) is 0 Å². The summed E-state index contributed by atoms with van der Waals surface area (Å²) >= 11 is 1.16. The predicted octanol–water partition coefficient (Wildman–Crippen LogP) is 3.06. The van der Waals surface area contributed by atoms with Gasteiger partial charge in [-0.1, -0.05) is 11.8 Å². The monoisotopic (exact) mass is 347 g/mol. The van der Waals surface area contributed by atoms with Gasteiger partial charge in [-0.3, -0.25) is 10.1 Å². The van der Waals surface area contributed by atoms with Crippen LogP contribution in [0.3, 0.4) is 0 Å². The molecule has 122 valence electrons. The molecule has 3 rings (SSSR count). The molecule has 0 aliphatic carbocycles. The SMILES string of the molecule is Nn1c(S/C=C/c2ccc([N+](=O)[O-])o2)nnc1-c1ccc(F)cc1. The van der Waals surface area contributed by atoms with Gasteiger partial charge in [-0.25, -0.2) is 9.07 Å². The Kier molecular flexibility index (Phi) is 4.29. The second kappa shape index (κ2) is 6.54. The fourth-order valence-corrected chi connectivity index (χ4v) is 2.46. The minimum atomic E-state index is -0.615. The van der Waals surface area contributed by atoms with Gasteiger partial charge in [0.15, 0.2) is 5.82 Å². The van der Waals surface area contributed by atoms with E-state index in [-0.39, 0.29) is 11.7 Å². The first-order chi connectivity index (χ1) is 11.5. The Hall–Kier alpha value is -3.14. The van der Waals surface area contributed by atoms with Crippen LogP contribution in [-0.2, 0) is 0 Å². The molecule has 0 aliphatic heterocycles. The molecule has 0 amide bonds. The molecule has 1 aromatic carbocycles. The van der Waals surface area contributed by atoms with Crippen molar-refractivity contribution in [2.24, 2.45) is 0 Å². The summed E-state index contributed by atoms with van der Waals surface area (Å²) in [5.41, 5.74) is 0.629. The van der Waals surface area contributed by atoms with E-state index in [2.05, 4.69) is 10.2 Å². The molecule has 0 saturated carbocycles. The number of nitrogens with two attached hydrogens (primary N) is 1. The number of hydrogen-bond acceptors (Lipinski definition) is 7. The number of nitro groups is 1. The van der Waals surface area contributed by atoms with Crippen LogP contribution in [0.2, 0.25) is 0 Å². The third kappa shape index (κ3) is 3.27. The van der Waals surface area contributed by atoms with Crippen LogP contribution in [0.15, 0.2) is 51.4 Å². The summed E-state index contributed by atoms with van der Waals surface area (Å²) < 4.78 is 19.2. The zero-order valence-corrected chi connectivity index (χ0v) is 12.8. The van der Waals surface area contributed by atoms with Crippen molar-refractivity contribution in [3.63, 3.8) is 0 Å². The van der Waals surface area contributed by atoms with Gasteiger partial charge in [0.05, 0.1) is 6.07 Å². The largest absolute Gasteiger partial charge is 0.433 e. The van der Waals surface area contributed by atoms with Crippen molar-refractivity contribution in [3.8, 4) is 11.4 Å². The van der Waals surface area contributed by atoms with Crippen LogP contribution in [0.1, 0.15) is 5.76 Å². The lowest BCUT2D eigenvalue weighted by atomic mass is 10.2. The average Bonchev–Trinajstić information content (AvgIpc) is 3.17. The van der Waals surface area contributed by atoms with E-state index in [0.717, 1.165) is 11.8 Å². The van der Waals surface area contributed by atoms with E-state index in [0.29, 0.717) is 22.3 Å². The molecule has 2 aromatic heterocycles. The number of halogens is 1. The molecule has 0 spiro atoms. The molecule has 0 fully saturated rings. The number of rotatable bonds is 5. The smallest absolute Gasteiger partial charge is 0.401 e. The maximum atomic E-state index is 12.9. The van der Waals surface area contributed by atoms with E-state index >= 15 is 0 Å². The molecule has 2 N–H and O–H groups in total. The van der Waals surface area contributed by atoms with Crippen LogP contribution in [0.25, 0.3) is 17.5 Å². The van der Waals surface area contributed by atoms with E-state index in [9.17, 15) is 14.5 Å². The van der Waals surface area contributed by atoms with Gasteiger partial charge in [0, 0.05) is 5.56 Å². The fourth-order valence-electron chi connectivity index (χ4n) is 1.85. The summed E-state index contributed by atoms with van der Waals surface area (Å²) in [6.07, 6.45) is 1.55. The van der Waals surface area contributed by atoms with Crippen molar-refractivity contribution in [2.45, 2.75) is 5.16 Å². The summed E-state index contributed by atoms with van der Waals surface area (Å²) in [4.78, 5) is 9.92. The molecule has 2 heterocycles. The topological polar surface area (TPSA) is 113 Å². The van der Waals surface area contributed by atoms with Crippen molar-refractivity contribution >= 4 is 23.7 Å². The Bertz CT molecular complexity index is 904. The second-order valence-electron chi connectivity index (χ2n) is 4.54. The molecule has 3 aromatic rings. The summed E-state index contributed by atoms with van der Waals surface area (Å²) in [5.74, 6) is 5.96. The zero-order chi connectivity index (χ0) is 17.1. The van der Waals surface area contributed by atoms with Crippen LogP contribution in [-0.4, -0.2) is 19.8 Å². The van der Waals surface area contributed by atoms with Crippen molar-refractivity contribution in [3.05, 3.63) is 63.5 Å². The lowest BCUT2D eigenvalue weighted by Crippen LogP contribution is -2.11. The number of nitrogen functional groups attached to an aromatic ring is 1. The van der Waals surface area contributed by atoms with Gasteiger partial charge >= 0.3 is 5.88 Å². The summed E-state index contributed by atoms with van der Waals surface area (Å²) in [5, 5.41) is 20.5. The first-order valence-electron chi connectivity index (χ1n) is 6.58. The van der Waals surface area contributed by atoms with Crippen LogP contribution in [0, 0.1) is 15.9 Å². The number of hydrogen-bond donors (Lipinski definition) is 1. The van der Waals surface area contributed by atoms with Crippen molar-refractivity contribution in [2.75, 3.05) is 5.84 Å². The Balaban J connectivity index is 1.73. The molecular formula is C14H10FN5O3S. The highest BCUT2D eigenvalue weighted by Gasteiger charge is 2.12. The van der Waals surface area contributed by atoms with E-state index in [1.165, 1.54) is 28.9 Å². The lowest BCUT2D eigenvalue weighted by Gasteiger charge is -2.01. The maximum Gasteiger partial charge on any atom is 0.433 e. The molecule has 10 heteroatoms. The number of furan rings is 1. The lowest BCUT2D eigenvalue weighted by molar-refractivity contribution is -0.402. The van der Waals surface area contributed by atoms with Crippen LogP contribution < -0.4 is 5.84 Å². The Morgan fingerprint density at radius 2 is 2.00 bits per heavy atom. The van der Waals surface area contributed by atoms with E-state index in [1.54, 1.807) is 23.6 Å². The molecule has 0 unspecified atom stereocenters. The van der Waals surface area contributed by atoms with Crippen molar-refractivity contribution < 1.29 is 13.7 Å². The van der Waals surface area contributed by atoms with Crippen molar-refractivity contribution in [1.82, 2.24) is 14.9 Å². The minimum Gasteiger partial charge on any atom is -0.401 e. The summed E-state index contributed by atoms with van der Waals surface area (Å²) in [7, 11) is 0. The molecule has 0 atom stereocenters. The highest BCUT2D eigenvalue weighted by Crippen LogP contribution is 2.24. The van der Waals surface area contributed by atoms with Crippen LogP contribution in [0.5, 0.6) is 0 Å². The second-order valence-corrected chi connectivity index (χ2v) is 5.41. The van der Waals surface area contributed by atoms with E-state index < -0.39 is 4.92 Å². The number of aromatic nitrogens is 3. The first-order valence-corrected chi connectivity index (χ1v) is 7.46. The number of thioether (sulfide) groups is 1. The highest BCUT2D eigenvalue weighted by atomic mass is 32.2. The first kappa shape index (κ1) is 15.7. The van der Waals surface area contributed by atoms with Gasteiger partial charge in [0.2, 0.25) is 5.16 Å². The van der Waals surface area contributed by atoms with Gasteiger partial charge < -0.3 is 10.3 Å². The maximum absolute atomic E-state index is 12.9.